The molecule has 0 atom stereocenters. The van der Waals surface area contributed by atoms with Gasteiger partial charge in [0.15, 0.2) is 0 Å². The van der Waals surface area contributed by atoms with Crippen LogP contribution in [0.15, 0.2) is 72.8 Å². The number of carbonyl (C=O) groups is 1. The van der Waals surface area contributed by atoms with Gasteiger partial charge >= 0.3 is 0 Å². The van der Waals surface area contributed by atoms with Crippen LogP contribution in [0.25, 0.3) is 11.1 Å². The molecule has 3 aromatic carbocycles. The van der Waals surface area contributed by atoms with E-state index in [-0.39, 0.29) is 18.5 Å². The molecule has 3 aromatic rings. The normalized spacial score (nSPS) is 12.5. The van der Waals surface area contributed by atoms with Gasteiger partial charge in [0.25, 0.3) is 0 Å². The van der Waals surface area contributed by atoms with Crippen molar-refractivity contribution in [1.82, 2.24) is 5.32 Å². The van der Waals surface area contributed by atoms with Gasteiger partial charge in [0.05, 0.1) is 12.6 Å². The maximum atomic E-state index is 12.5. The van der Waals surface area contributed by atoms with Crippen LogP contribution in [0, 0.1) is 0 Å². The Morgan fingerprint density at radius 3 is 2.08 bits per heavy atom. The highest BCUT2D eigenvalue weighted by Crippen LogP contribution is 2.42. The number of benzene rings is 3. The molecule has 0 fully saturated rings. The summed E-state index contributed by atoms with van der Waals surface area (Å²) in [5.74, 6) is -0.0206. The van der Waals surface area contributed by atoms with Crippen LogP contribution in [-0.2, 0) is 11.2 Å². The van der Waals surface area contributed by atoms with Gasteiger partial charge in [-0.1, -0.05) is 73.7 Å². The van der Waals surface area contributed by atoms with E-state index in [1.807, 2.05) is 24.3 Å². The van der Waals surface area contributed by atoms with Crippen LogP contribution < -0.4 is 10.6 Å². The third kappa shape index (κ3) is 3.02. The number of hydrogen-bond acceptors (Lipinski definition) is 2. The summed E-state index contributed by atoms with van der Waals surface area (Å²) in [5, 5.41) is 6.47. The lowest BCUT2D eigenvalue weighted by molar-refractivity contribution is -0.115. The van der Waals surface area contributed by atoms with Crippen molar-refractivity contribution in [2.75, 3.05) is 11.9 Å². The Hall–Kier alpha value is -2.91. The highest BCUT2D eigenvalue weighted by molar-refractivity contribution is 5.93. The lowest BCUT2D eigenvalue weighted by Crippen LogP contribution is -2.31. The van der Waals surface area contributed by atoms with E-state index in [4.69, 9.17) is 0 Å². The molecule has 26 heavy (non-hydrogen) atoms. The second-order valence-electron chi connectivity index (χ2n) is 6.55. The fraction of sp³-hybridized carbons (Fsp3) is 0.174. The molecule has 3 nitrogen and oxygen atoms in total. The Bertz CT molecular complexity index is 903. The van der Waals surface area contributed by atoms with Crippen molar-refractivity contribution in [1.29, 1.82) is 0 Å². The zero-order valence-corrected chi connectivity index (χ0v) is 14.8. The fourth-order valence-electron chi connectivity index (χ4n) is 3.72. The first-order chi connectivity index (χ1) is 12.8. The number of carbonyl (C=O) groups excluding carboxylic acids is 1. The number of hydrogen-bond donors (Lipinski definition) is 2. The van der Waals surface area contributed by atoms with E-state index in [2.05, 4.69) is 66.1 Å². The van der Waals surface area contributed by atoms with Crippen LogP contribution in [-0.4, -0.2) is 12.5 Å². The third-order valence-electron chi connectivity index (χ3n) is 4.97. The van der Waals surface area contributed by atoms with E-state index >= 15 is 0 Å². The Morgan fingerprint density at radius 2 is 1.42 bits per heavy atom. The van der Waals surface area contributed by atoms with Crippen LogP contribution in [0.5, 0.6) is 0 Å². The Kier molecular flexibility index (Phi) is 4.55. The first-order valence-corrected chi connectivity index (χ1v) is 9.07. The number of rotatable bonds is 5. The summed E-state index contributed by atoms with van der Waals surface area (Å²) < 4.78 is 0. The summed E-state index contributed by atoms with van der Waals surface area (Å²) in [7, 11) is 0. The van der Waals surface area contributed by atoms with Crippen LogP contribution in [0.3, 0.4) is 0 Å². The monoisotopic (exact) mass is 342 g/mol. The van der Waals surface area contributed by atoms with Gasteiger partial charge in [-0.15, -0.1) is 0 Å². The number of para-hydroxylation sites is 1. The minimum absolute atomic E-state index is 0.0206. The van der Waals surface area contributed by atoms with Gasteiger partial charge in [-0.05, 0) is 40.3 Å². The predicted molar refractivity (Wildman–Crippen MR) is 106 cm³/mol. The molecule has 1 aliphatic rings. The maximum Gasteiger partial charge on any atom is 0.238 e. The largest absolute Gasteiger partial charge is 0.325 e. The van der Waals surface area contributed by atoms with Crippen molar-refractivity contribution in [3.63, 3.8) is 0 Å². The van der Waals surface area contributed by atoms with Crippen LogP contribution in [0.1, 0.15) is 29.7 Å². The lowest BCUT2D eigenvalue weighted by Gasteiger charge is -2.16. The number of nitrogens with one attached hydrogen (secondary N) is 2. The number of fused-ring (bicyclic) bond motifs is 3. The maximum absolute atomic E-state index is 12.5. The molecule has 3 heteroatoms. The van der Waals surface area contributed by atoms with Crippen molar-refractivity contribution >= 4 is 11.6 Å². The SMILES string of the molecule is CCc1ccccc1NC(=O)CNC1c2ccccc2-c2ccccc21. The minimum atomic E-state index is -0.0206. The van der Waals surface area contributed by atoms with Gasteiger partial charge in [-0.3, -0.25) is 10.1 Å². The van der Waals surface area contributed by atoms with Crippen molar-refractivity contribution in [3.05, 3.63) is 89.5 Å². The predicted octanol–water partition coefficient (Wildman–Crippen LogP) is 4.55. The topological polar surface area (TPSA) is 41.1 Å². The van der Waals surface area contributed by atoms with E-state index < -0.39 is 0 Å². The molecule has 1 amide bonds. The molecule has 1 aliphatic carbocycles. The summed E-state index contributed by atoms with van der Waals surface area (Å²) in [6, 6.07) is 24.8. The minimum Gasteiger partial charge on any atom is -0.325 e. The second kappa shape index (κ2) is 7.14. The first-order valence-electron chi connectivity index (χ1n) is 9.07. The van der Waals surface area contributed by atoms with E-state index in [1.54, 1.807) is 0 Å². The molecule has 0 unspecified atom stereocenters. The molecule has 0 bridgehead atoms. The Morgan fingerprint density at radius 1 is 0.846 bits per heavy atom. The average molecular weight is 342 g/mol. The van der Waals surface area contributed by atoms with Gasteiger partial charge in [0.1, 0.15) is 0 Å². The summed E-state index contributed by atoms with van der Waals surface area (Å²) in [6.45, 7) is 2.36. The second-order valence-corrected chi connectivity index (χ2v) is 6.55. The molecular weight excluding hydrogens is 320 g/mol. The highest BCUT2D eigenvalue weighted by Gasteiger charge is 2.27. The van der Waals surface area contributed by atoms with Gasteiger partial charge in [-0.25, -0.2) is 0 Å². The van der Waals surface area contributed by atoms with Crippen molar-refractivity contribution in [3.8, 4) is 11.1 Å². The van der Waals surface area contributed by atoms with Gasteiger partial charge in [0, 0.05) is 5.69 Å². The van der Waals surface area contributed by atoms with Crippen molar-refractivity contribution in [2.45, 2.75) is 19.4 Å². The van der Waals surface area contributed by atoms with Crippen LogP contribution >= 0.6 is 0 Å². The van der Waals surface area contributed by atoms with Crippen LogP contribution in [0.2, 0.25) is 0 Å². The smallest absolute Gasteiger partial charge is 0.238 e. The van der Waals surface area contributed by atoms with E-state index in [9.17, 15) is 4.79 Å². The van der Waals surface area contributed by atoms with Gasteiger partial charge < -0.3 is 5.32 Å². The number of aryl methyl sites for hydroxylation is 1. The Balaban J connectivity index is 1.50. The zero-order chi connectivity index (χ0) is 17.9. The van der Waals surface area contributed by atoms with Crippen molar-refractivity contribution < 1.29 is 4.79 Å². The summed E-state index contributed by atoms with van der Waals surface area (Å²) >= 11 is 0. The fourth-order valence-corrected chi connectivity index (χ4v) is 3.72. The standard InChI is InChI=1S/C23H22N2O/c1-2-16-9-3-8-14-21(16)25-22(26)15-24-23-19-12-6-4-10-17(19)18-11-5-7-13-20(18)23/h3-14,23-24H,2,15H2,1H3,(H,25,26). The molecular formula is C23H22N2O. The molecule has 0 radical (unpaired) electrons. The molecule has 0 saturated carbocycles. The number of anilines is 1. The zero-order valence-electron chi connectivity index (χ0n) is 14.8. The lowest BCUT2D eigenvalue weighted by atomic mass is 10.1. The molecule has 4 rings (SSSR count). The molecule has 0 aliphatic heterocycles. The quantitative estimate of drug-likeness (QED) is 0.714. The van der Waals surface area contributed by atoms with Gasteiger partial charge in [0.2, 0.25) is 5.91 Å². The van der Waals surface area contributed by atoms with Crippen LogP contribution in [0.4, 0.5) is 5.69 Å². The summed E-state index contributed by atoms with van der Waals surface area (Å²) in [5.41, 5.74) is 7.01. The van der Waals surface area contributed by atoms with E-state index in [1.165, 1.54) is 22.3 Å². The average Bonchev–Trinajstić information content (AvgIpc) is 3.01. The Labute approximate surface area is 154 Å². The summed E-state index contributed by atoms with van der Waals surface area (Å²) in [4.78, 5) is 12.5. The van der Waals surface area contributed by atoms with E-state index in [0.29, 0.717) is 0 Å². The van der Waals surface area contributed by atoms with E-state index in [0.717, 1.165) is 17.7 Å². The first kappa shape index (κ1) is 16.6. The molecule has 0 heterocycles. The van der Waals surface area contributed by atoms with Gasteiger partial charge in [-0.2, -0.15) is 0 Å². The molecule has 0 spiro atoms. The molecule has 130 valence electrons. The number of amides is 1. The summed E-state index contributed by atoms with van der Waals surface area (Å²) in [6.07, 6.45) is 0.896. The molecule has 0 saturated heterocycles. The van der Waals surface area contributed by atoms with Crippen molar-refractivity contribution in [2.24, 2.45) is 0 Å². The molecule has 2 N–H and O–H groups in total. The third-order valence-corrected chi connectivity index (χ3v) is 4.97. The molecule has 0 aromatic heterocycles. The highest BCUT2D eigenvalue weighted by atomic mass is 16.1.